The summed E-state index contributed by atoms with van der Waals surface area (Å²) in [5, 5.41) is 4.65. The summed E-state index contributed by atoms with van der Waals surface area (Å²) in [5.74, 6) is 0.452. The Hall–Kier alpha value is -2.92. The maximum absolute atomic E-state index is 12.4. The lowest BCUT2D eigenvalue weighted by atomic mass is 9.84. The number of fused-ring (bicyclic) bond motifs is 1. The zero-order valence-corrected chi connectivity index (χ0v) is 17.6. The van der Waals surface area contributed by atoms with Gasteiger partial charge < -0.3 is 5.73 Å². The molecule has 5 heteroatoms. The number of quaternary nitrogens is 1. The van der Waals surface area contributed by atoms with Crippen LogP contribution in [0.15, 0.2) is 60.8 Å². The van der Waals surface area contributed by atoms with E-state index in [1.165, 1.54) is 11.1 Å². The van der Waals surface area contributed by atoms with Crippen LogP contribution in [0.4, 0.5) is 11.5 Å². The van der Waals surface area contributed by atoms with Gasteiger partial charge in [-0.15, -0.1) is 0 Å². The molecule has 2 aromatic carbocycles. The number of nitrogens with zero attached hydrogens (tertiary/aromatic N) is 3. The number of benzene rings is 2. The normalized spacial score (nSPS) is 22.8. The minimum absolute atomic E-state index is 0.140. The second-order valence-corrected chi connectivity index (χ2v) is 8.62. The van der Waals surface area contributed by atoms with Gasteiger partial charge in [0.2, 0.25) is 5.82 Å². The van der Waals surface area contributed by atoms with E-state index in [-0.39, 0.29) is 11.6 Å². The van der Waals surface area contributed by atoms with Gasteiger partial charge in [0.15, 0.2) is 0 Å². The first kappa shape index (κ1) is 19.4. The van der Waals surface area contributed by atoms with Crippen LogP contribution >= 0.6 is 0 Å². The lowest BCUT2D eigenvalue weighted by Crippen LogP contribution is -2.56. The predicted molar refractivity (Wildman–Crippen MR) is 117 cm³/mol. The average molecular weight is 390 g/mol. The van der Waals surface area contributed by atoms with Crippen LogP contribution in [0.25, 0.3) is 0 Å². The van der Waals surface area contributed by atoms with Crippen molar-refractivity contribution in [3.8, 4) is 0 Å². The SMILES string of the molecule is CC[N+]1(c2ccc(C)cc2)c2c(C(N)=O)cnn2C(C)(C)CC1c1ccccc1. The highest BCUT2D eigenvalue weighted by Crippen LogP contribution is 2.53. The molecule has 2 unspecified atom stereocenters. The molecular formula is C24H29N4O+. The second-order valence-electron chi connectivity index (χ2n) is 8.62. The summed E-state index contributed by atoms with van der Waals surface area (Å²) < 4.78 is 2.54. The molecule has 0 saturated heterocycles. The Kier molecular flexibility index (Phi) is 4.58. The zero-order chi connectivity index (χ0) is 20.8. The van der Waals surface area contributed by atoms with Gasteiger partial charge >= 0.3 is 0 Å². The summed E-state index contributed by atoms with van der Waals surface area (Å²) in [7, 11) is 0. The first-order chi connectivity index (χ1) is 13.8. The van der Waals surface area contributed by atoms with Gasteiger partial charge in [0.05, 0.1) is 18.3 Å². The molecule has 1 aromatic heterocycles. The Morgan fingerprint density at radius 2 is 1.83 bits per heavy atom. The van der Waals surface area contributed by atoms with E-state index in [1.54, 1.807) is 6.20 Å². The third kappa shape index (κ3) is 2.88. The van der Waals surface area contributed by atoms with E-state index in [9.17, 15) is 4.79 Å². The van der Waals surface area contributed by atoms with E-state index >= 15 is 0 Å². The molecule has 29 heavy (non-hydrogen) atoms. The number of nitrogens with two attached hydrogens (primary N) is 1. The molecular weight excluding hydrogens is 360 g/mol. The number of carbonyl (C=O) groups excluding carboxylic acids is 1. The van der Waals surface area contributed by atoms with E-state index in [0.29, 0.717) is 10.0 Å². The highest BCUT2D eigenvalue weighted by molar-refractivity contribution is 5.98. The van der Waals surface area contributed by atoms with Crippen molar-refractivity contribution in [3.63, 3.8) is 0 Å². The number of amides is 1. The first-order valence-corrected chi connectivity index (χ1v) is 10.2. The fraction of sp³-hybridized carbons (Fsp3) is 0.333. The van der Waals surface area contributed by atoms with Gasteiger partial charge in [-0.2, -0.15) is 5.10 Å². The third-order valence-corrected chi connectivity index (χ3v) is 6.36. The summed E-state index contributed by atoms with van der Waals surface area (Å²) in [6, 6.07) is 19.4. The fourth-order valence-electron chi connectivity index (χ4n) is 4.92. The topological polar surface area (TPSA) is 60.9 Å². The Morgan fingerprint density at radius 3 is 2.41 bits per heavy atom. The number of carbonyl (C=O) groups is 1. The monoisotopic (exact) mass is 389 g/mol. The van der Waals surface area contributed by atoms with Gasteiger partial charge in [-0.3, -0.25) is 4.79 Å². The largest absolute Gasteiger partial charge is 0.365 e. The molecule has 1 amide bonds. The number of rotatable bonds is 4. The van der Waals surface area contributed by atoms with Gasteiger partial charge in [-0.25, -0.2) is 9.16 Å². The van der Waals surface area contributed by atoms with Crippen molar-refractivity contribution >= 4 is 17.4 Å². The summed E-state index contributed by atoms with van der Waals surface area (Å²) in [5.41, 5.74) is 9.70. The molecule has 2 atom stereocenters. The summed E-state index contributed by atoms with van der Waals surface area (Å²) in [4.78, 5) is 12.4. The van der Waals surface area contributed by atoms with Crippen molar-refractivity contribution in [2.45, 2.75) is 45.7 Å². The Labute approximate surface area is 172 Å². The second kappa shape index (κ2) is 6.85. The van der Waals surface area contributed by atoms with Crippen molar-refractivity contribution < 1.29 is 4.79 Å². The molecule has 0 radical (unpaired) electrons. The van der Waals surface area contributed by atoms with Crippen LogP contribution < -0.4 is 10.2 Å². The van der Waals surface area contributed by atoms with Crippen LogP contribution in [-0.2, 0) is 5.54 Å². The van der Waals surface area contributed by atoms with Crippen LogP contribution in [0.3, 0.4) is 0 Å². The van der Waals surface area contributed by atoms with Crippen LogP contribution in [0.1, 0.15) is 54.7 Å². The molecule has 0 bridgehead atoms. The van der Waals surface area contributed by atoms with Crippen LogP contribution in [0.5, 0.6) is 0 Å². The smallest absolute Gasteiger partial charge is 0.258 e. The van der Waals surface area contributed by atoms with Crippen molar-refractivity contribution in [1.82, 2.24) is 14.3 Å². The van der Waals surface area contributed by atoms with Crippen molar-refractivity contribution in [3.05, 3.63) is 77.5 Å². The molecule has 0 spiro atoms. The summed E-state index contributed by atoms with van der Waals surface area (Å²) in [6.45, 7) is 9.42. The third-order valence-electron chi connectivity index (χ3n) is 6.36. The molecule has 150 valence electrons. The quantitative estimate of drug-likeness (QED) is 0.650. The van der Waals surface area contributed by atoms with Crippen LogP contribution in [0, 0.1) is 6.92 Å². The molecule has 4 rings (SSSR count). The van der Waals surface area contributed by atoms with E-state index in [4.69, 9.17) is 5.73 Å². The number of hydrogen-bond donors (Lipinski definition) is 1. The summed E-state index contributed by atoms with van der Waals surface area (Å²) >= 11 is 0. The van der Waals surface area contributed by atoms with Gasteiger partial charge in [0, 0.05) is 12.0 Å². The maximum atomic E-state index is 12.4. The molecule has 2 N–H and O–H groups in total. The number of aromatic nitrogens is 2. The van der Waals surface area contributed by atoms with Crippen molar-refractivity contribution in [1.29, 1.82) is 0 Å². The molecule has 1 aliphatic heterocycles. The van der Waals surface area contributed by atoms with E-state index in [2.05, 4.69) is 81.3 Å². The lowest BCUT2D eigenvalue weighted by Gasteiger charge is -2.50. The number of hydrogen-bond acceptors (Lipinski definition) is 2. The Balaban J connectivity index is 2.10. The fourth-order valence-corrected chi connectivity index (χ4v) is 4.92. The molecule has 3 aromatic rings. The van der Waals surface area contributed by atoms with E-state index in [0.717, 1.165) is 24.5 Å². The average Bonchev–Trinajstić information content (AvgIpc) is 3.17. The Morgan fingerprint density at radius 1 is 1.17 bits per heavy atom. The van der Waals surface area contributed by atoms with Crippen molar-refractivity contribution in [2.75, 3.05) is 6.54 Å². The van der Waals surface area contributed by atoms with Gasteiger partial charge in [0.1, 0.15) is 17.3 Å². The van der Waals surface area contributed by atoms with Gasteiger partial charge in [0.25, 0.3) is 5.91 Å². The lowest BCUT2D eigenvalue weighted by molar-refractivity contribution is 0.0989. The summed E-state index contributed by atoms with van der Waals surface area (Å²) in [6.07, 6.45) is 2.54. The molecule has 5 nitrogen and oxygen atoms in total. The Bertz CT molecular complexity index is 1040. The van der Waals surface area contributed by atoms with Crippen LogP contribution in [0.2, 0.25) is 0 Å². The van der Waals surface area contributed by atoms with Gasteiger partial charge in [-0.05, 0) is 39.8 Å². The van der Waals surface area contributed by atoms with Crippen molar-refractivity contribution in [2.24, 2.45) is 5.73 Å². The zero-order valence-electron chi connectivity index (χ0n) is 17.6. The minimum atomic E-state index is -0.432. The van der Waals surface area contributed by atoms with E-state index in [1.807, 2.05) is 10.7 Å². The standard InChI is InChI=1S/C24H28N4O/c1-5-28(19-13-11-17(2)12-14-19)21(18-9-7-6-8-10-18)15-24(3,4)27-23(28)20(16-26-27)22(25)29/h6-14,16,21H,5,15H2,1-4H3,(H-,25,29)/p+1. The first-order valence-electron chi connectivity index (χ1n) is 10.2. The highest BCUT2D eigenvalue weighted by Gasteiger charge is 2.54. The maximum Gasteiger partial charge on any atom is 0.258 e. The number of aryl methyl sites for hydroxylation is 1. The number of primary amides is 1. The van der Waals surface area contributed by atoms with Gasteiger partial charge in [-0.1, -0.05) is 48.0 Å². The molecule has 0 aliphatic carbocycles. The minimum Gasteiger partial charge on any atom is -0.365 e. The molecule has 0 fully saturated rings. The predicted octanol–water partition coefficient (Wildman–Crippen LogP) is 4.83. The highest BCUT2D eigenvalue weighted by atomic mass is 16.1. The van der Waals surface area contributed by atoms with Crippen LogP contribution in [-0.4, -0.2) is 22.2 Å². The van der Waals surface area contributed by atoms with E-state index < -0.39 is 5.91 Å². The molecule has 1 aliphatic rings. The molecule has 0 saturated carbocycles. The molecule has 2 heterocycles.